The summed E-state index contributed by atoms with van der Waals surface area (Å²) < 4.78 is 0. The van der Waals surface area contributed by atoms with Gasteiger partial charge in [-0.1, -0.05) is 17.7 Å². The van der Waals surface area contributed by atoms with Crippen LogP contribution in [0.25, 0.3) is 0 Å². The van der Waals surface area contributed by atoms with Crippen LogP contribution in [0.1, 0.15) is 24.8 Å². The number of nitro groups is 1. The molecular formula is C13H19ClN2O3. The Morgan fingerprint density at radius 2 is 2.11 bits per heavy atom. The van der Waals surface area contributed by atoms with E-state index in [0.717, 1.165) is 31.4 Å². The number of nitro benzene ring substituents is 1. The van der Waals surface area contributed by atoms with E-state index in [4.69, 9.17) is 16.7 Å². The lowest BCUT2D eigenvalue weighted by Crippen LogP contribution is -2.19. The fraction of sp³-hybridized carbons (Fsp3) is 0.538. The summed E-state index contributed by atoms with van der Waals surface area (Å²) in [6, 6.07) is 4.89. The van der Waals surface area contributed by atoms with Gasteiger partial charge in [0, 0.05) is 19.2 Å². The molecule has 1 N–H and O–H groups in total. The molecule has 0 unspecified atom stereocenters. The molecule has 0 bridgehead atoms. The highest BCUT2D eigenvalue weighted by Gasteiger charge is 2.13. The third kappa shape index (κ3) is 5.55. The van der Waals surface area contributed by atoms with E-state index in [2.05, 4.69) is 4.90 Å². The summed E-state index contributed by atoms with van der Waals surface area (Å²) in [7, 11) is 1.97. The minimum Gasteiger partial charge on any atom is -0.396 e. The van der Waals surface area contributed by atoms with Crippen molar-refractivity contribution in [1.29, 1.82) is 0 Å². The van der Waals surface area contributed by atoms with E-state index >= 15 is 0 Å². The van der Waals surface area contributed by atoms with Crippen LogP contribution >= 0.6 is 11.6 Å². The first kappa shape index (κ1) is 15.9. The molecule has 0 heterocycles. The van der Waals surface area contributed by atoms with Crippen molar-refractivity contribution in [1.82, 2.24) is 4.90 Å². The Kier molecular flexibility index (Phi) is 6.77. The summed E-state index contributed by atoms with van der Waals surface area (Å²) in [6.07, 6.45) is 2.81. The third-order valence-electron chi connectivity index (χ3n) is 2.86. The van der Waals surface area contributed by atoms with Crippen molar-refractivity contribution in [2.75, 3.05) is 20.2 Å². The molecule has 106 valence electrons. The van der Waals surface area contributed by atoms with Crippen LogP contribution in [-0.2, 0) is 6.54 Å². The third-order valence-corrected chi connectivity index (χ3v) is 3.18. The Morgan fingerprint density at radius 3 is 2.74 bits per heavy atom. The number of nitrogens with zero attached hydrogens (tertiary/aromatic N) is 2. The average molecular weight is 287 g/mol. The van der Waals surface area contributed by atoms with Crippen LogP contribution in [0.3, 0.4) is 0 Å². The molecular weight excluding hydrogens is 268 g/mol. The van der Waals surface area contributed by atoms with E-state index < -0.39 is 4.92 Å². The molecule has 19 heavy (non-hydrogen) atoms. The zero-order chi connectivity index (χ0) is 14.3. The predicted octanol–water partition coefficient (Wildman–Crippen LogP) is 2.84. The van der Waals surface area contributed by atoms with E-state index in [9.17, 15) is 10.1 Å². The van der Waals surface area contributed by atoms with Crippen LogP contribution in [0, 0.1) is 10.1 Å². The summed E-state index contributed by atoms with van der Waals surface area (Å²) in [6.45, 7) is 1.78. The Morgan fingerprint density at radius 1 is 1.37 bits per heavy atom. The molecule has 0 radical (unpaired) electrons. The van der Waals surface area contributed by atoms with Crippen LogP contribution in [0.2, 0.25) is 5.02 Å². The second-order valence-corrected chi connectivity index (χ2v) is 4.97. The molecule has 0 fully saturated rings. The zero-order valence-corrected chi connectivity index (χ0v) is 11.8. The van der Waals surface area contributed by atoms with E-state index in [-0.39, 0.29) is 17.3 Å². The molecule has 1 aromatic carbocycles. The number of halogens is 1. The first-order valence-electron chi connectivity index (χ1n) is 6.27. The molecule has 0 spiro atoms. The highest BCUT2D eigenvalue weighted by Crippen LogP contribution is 2.25. The maximum atomic E-state index is 10.8. The summed E-state index contributed by atoms with van der Waals surface area (Å²) in [4.78, 5) is 12.4. The van der Waals surface area contributed by atoms with Crippen molar-refractivity contribution in [3.05, 3.63) is 38.9 Å². The molecule has 0 aliphatic carbocycles. The first-order chi connectivity index (χ1) is 9.04. The van der Waals surface area contributed by atoms with Crippen LogP contribution in [0.5, 0.6) is 0 Å². The van der Waals surface area contributed by atoms with Gasteiger partial charge >= 0.3 is 0 Å². The second-order valence-electron chi connectivity index (χ2n) is 4.56. The van der Waals surface area contributed by atoms with E-state index in [0.29, 0.717) is 6.54 Å². The average Bonchev–Trinajstić information content (AvgIpc) is 2.36. The van der Waals surface area contributed by atoms with Gasteiger partial charge in [-0.15, -0.1) is 0 Å². The maximum absolute atomic E-state index is 10.8. The highest BCUT2D eigenvalue weighted by molar-refractivity contribution is 6.32. The normalized spacial score (nSPS) is 10.9. The maximum Gasteiger partial charge on any atom is 0.288 e. The largest absolute Gasteiger partial charge is 0.396 e. The van der Waals surface area contributed by atoms with Crippen LogP contribution in [0.4, 0.5) is 5.69 Å². The minimum atomic E-state index is -0.465. The molecule has 0 aliphatic heterocycles. The number of hydrogen-bond donors (Lipinski definition) is 1. The second kappa shape index (κ2) is 8.09. The summed E-state index contributed by atoms with van der Waals surface area (Å²) >= 11 is 5.77. The monoisotopic (exact) mass is 286 g/mol. The smallest absolute Gasteiger partial charge is 0.288 e. The van der Waals surface area contributed by atoms with Gasteiger partial charge in [-0.25, -0.2) is 0 Å². The van der Waals surface area contributed by atoms with Crippen molar-refractivity contribution < 1.29 is 10.0 Å². The van der Waals surface area contributed by atoms with Crippen LogP contribution in [-0.4, -0.2) is 35.1 Å². The van der Waals surface area contributed by atoms with Gasteiger partial charge in [0.05, 0.1) is 4.92 Å². The topological polar surface area (TPSA) is 66.6 Å². The predicted molar refractivity (Wildman–Crippen MR) is 75.4 cm³/mol. The van der Waals surface area contributed by atoms with Gasteiger partial charge in [0.2, 0.25) is 0 Å². The molecule has 0 saturated heterocycles. The number of benzene rings is 1. The van der Waals surface area contributed by atoms with Crippen molar-refractivity contribution >= 4 is 17.3 Å². The van der Waals surface area contributed by atoms with E-state index in [1.165, 1.54) is 6.07 Å². The van der Waals surface area contributed by atoms with Gasteiger partial charge in [0.1, 0.15) is 5.02 Å². The van der Waals surface area contributed by atoms with Crippen molar-refractivity contribution in [3.63, 3.8) is 0 Å². The molecule has 0 atom stereocenters. The van der Waals surface area contributed by atoms with E-state index in [1.54, 1.807) is 12.1 Å². The number of rotatable bonds is 8. The molecule has 0 amide bonds. The number of hydrogen-bond acceptors (Lipinski definition) is 4. The van der Waals surface area contributed by atoms with Gasteiger partial charge in [0.15, 0.2) is 0 Å². The fourth-order valence-corrected chi connectivity index (χ4v) is 2.04. The summed E-state index contributed by atoms with van der Waals surface area (Å²) in [5.41, 5.74) is 0.827. The summed E-state index contributed by atoms with van der Waals surface area (Å²) in [5.74, 6) is 0. The number of unbranched alkanes of at least 4 members (excludes halogenated alkanes) is 2. The fourth-order valence-electron chi connectivity index (χ4n) is 1.86. The lowest BCUT2D eigenvalue weighted by Gasteiger charge is -2.16. The van der Waals surface area contributed by atoms with E-state index in [1.807, 2.05) is 7.05 Å². The van der Waals surface area contributed by atoms with Crippen molar-refractivity contribution in [3.8, 4) is 0 Å². The lowest BCUT2D eigenvalue weighted by atomic mass is 10.2. The molecule has 1 rings (SSSR count). The zero-order valence-electron chi connectivity index (χ0n) is 11.0. The minimum absolute atomic E-state index is 0.0483. The molecule has 5 nitrogen and oxygen atoms in total. The van der Waals surface area contributed by atoms with Gasteiger partial charge in [-0.2, -0.15) is 0 Å². The molecule has 0 aromatic heterocycles. The Balaban J connectivity index is 2.52. The van der Waals surface area contributed by atoms with Gasteiger partial charge in [-0.05, 0) is 44.5 Å². The van der Waals surface area contributed by atoms with Crippen molar-refractivity contribution in [2.24, 2.45) is 0 Å². The number of aliphatic hydroxyl groups is 1. The standard InChI is InChI=1S/C13H19ClN2O3/c1-15(7-3-2-4-8-17)10-11-5-6-12(14)13(9-11)16(18)19/h5-6,9,17H,2-4,7-8,10H2,1H3. The van der Waals surface area contributed by atoms with Gasteiger partial charge < -0.3 is 10.0 Å². The van der Waals surface area contributed by atoms with Crippen LogP contribution in [0.15, 0.2) is 18.2 Å². The Hall–Kier alpha value is -1.17. The highest BCUT2D eigenvalue weighted by atomic mass is 35.5. The lowest BCUT2D eigenvalue weighted by molar-refractivity contribution is -0.384. The molecule has 6 heteroatoms. The van der Waals surface area contributed by atoms with Crippen LogP contribution < -0.4 is 0 Å². The Bertz CT molecular complexity index is 426. The molecule has 1 aromatic rings. The van der Waals surface area contributed by atoms with Gasteiger partial charge in [0.25, 0.3) is 5.69 Å². The number of aliphatic hydroxyl groups excluding tert-OH is 1. The molecule has 0 saturated carbocycles. The first-order valence-corrected chi connectivity index (χ1v) is 6.64. The molecule has 0 aliphatic rings. The quantitative estimate of drug-likeness (QED) is 0.453. The van der Waals surface area contributed by atoms with Gasteiger partial charge in [-0.3, -0.25) is 10.1 Å². The van der Waals surface area contributed by atoms with Crippen molar-refractivity contribution in [2.45, 2.75) is 25.8 Å². The Labute approximate surface area is 117 Å². The SMILES string of the molecule is CN(CCCCCO)Cc1ccc(Cl)c([N+](=O)[O-])c1. The summed E-state index contributed by atoms with van der Waals surface area (Å²) in [5, 5.41) is 19.6.